The predicted octanol–water partition coefficient (Wildman–Crippen LogP) is 2.28. The van der Waals surface area contributed by atoms with Gasteiger partial charge >= 0.3 is 0 Å². The van der Waals surface area contributed by atoms with Gasteiger partial charge in [-0.1, -0.05) is 6.07 Å². The monoisotopic (exact) mass is 210 g/mol. The number of rotatable bonds is 1. The summed E-state index contributed by atoms with van der Waals surface area (Å²) in [6.07, 6.45) is 4.83. The van der Waals surface area contributed by atoms with Gasteiger partial charge < -0.3 is 5.73 Å². The maximum absolute atomic E-state index is 6.29. The molecular formula is C11H15ClN2. The van der Waals surface area contributed by atoms with E-state index in [-0.39, 0.29) is 11.4 Å². The Morgan fingerprint density at radius 2 is 2.21 bits per heavy atom. The van der Waals surface area contributed by atoms with Crippen LogP contribution < -0.4 is 5.73 Å². The highest BCUT2D eigenvalue weighted by Gasteiger charge is 2.29. The smallest absolute Gasteiger partial charge is 0.0449 e. The Bertz CT molecular complexity index is 289. The van der Waals surface area contributed by atoms with Crippen LogP contribution in [0.25, 0.3) is 0 Å². The number of pyridine rings is 1. The molecule has 2 nitrogen and oxygen atoms in total. The number of hydrogen-bond acceptors (Lipinski definition) is 2. The molecule has 0 aromatic carbocycles. The van der Waals surface area contributed by atoms with E-state index < -0.39 is 0 Å². The Kier molecular flexibility index (Phi) is 3.04. The quantitative estimate of drug-likeness (QED) is 0.723. The normalized spacial score (nSPS) is 32.9. The van der Waals surface area contributed by atoms with Crippen molar-refractivity contribution < 1.29 is 0 Å². The molecule has 1 saturated carbocycles. The molecule has 2 rings (SSSR count). The van der Waals surface area contributed by atoms with Crippen molar-refractivity contribution in [1.29, 1.82) is 0 Å². The Labute approximate surface area is 89.5 Å². The van der Waals surface area contributed by atoms with E-state index in [9.17, 15) is 0 Å². The SMILES string of the molecule is NC1CCC(Cl)C(c2ccccn2)C1. The Hall–Kier alpha value is -0.600. The first-order valence-electron chi connectivity index (χ1n) is 5.08. The van der Waals surface area contributed by atoms with Gasteiger partial charge in [-0.15, -0.1) is 11.6 Å². The Morgan fingerprint density at radius 1 is 1.36 bits per heavy atom. The van der Waals surface area contributed by atoms with E-state index in [4.69, 9.17) is 17.3 Å². The van der Waals surface area contributed by atoms with E-state index in [1.165, 1.54) is 0 Å². The van der Waals surface area contributed by atoms with Gasteiger partial charge in [0.15, 0.2) is 0 Å². The van der Waals surface area contributed by atoms with Crippen molar-refractivity contribution in [3.8, 4) is 0 Å². The number of nitrogens with two attached hydrogens (primary N) is 1. The third kappa shape index (κ3) is 2.07. The average molecular weight is 211 g/mol. The molecule has 3 atom stereocenters. The third-order valence-corrected chi connectivity index (χ3v) is 3.40. The Morgan fingerprint density at radius 3 is 2.93 bits per heavy atom. The summed E-state index contributed by atoms with van der Waals surface area (Å²) in [5, 5.41) is 0.199. The van der Waals surface area contributed by atoms with Gasteiger partial charge in [0.05, 0.1) is 0 Å². The van der Waals surface area contributed by atoms with Crippen LogP contribution in [-0.4, -0.2) is 16.4 Å². The molecule has 1 aromatic heterocycles. The van der Waals surface area contributed by atoms with Crippen LogP contribution in [0, 0.1) is 0 Å². The molecule has 3 unspecified atom stereocenters. The van der Waals surface area contributed by atoms with E-state index in [1.54, 1.807) is 0 Å². The van der Waals surface area contributed by atoms with Gasteiger partial charge in [-0.2, -0.15) is 0 Å². The lowest BCUT2D eigenvalue weighted by Crippen LogP contribution is -2.33. The fourth-order valence-electron chi connectivity index (χ4n) is 2.07. The molecule has 0 radical (unpaired) electrons. The molecule has 0 spiro atoms. The van der Waals surface area contributed by atoms with Crippen LogP contribution in [0.4, 0.5) is 0 Å². The summed E-state index contributed by atoms with van der Waals surface area (Å²) >= 11 is 6.29. The van der Waals surface area contributed by atoms with Crippen molar-refractivity contribution in [2.75, 3.05) is 0 Å². The van der Waals surface area contributed by atoms with Crippen LogP contribution in [0.2, 0.25) is 0 Å². The second-order valence-corrected chi connectivity index (χ2v) is 4.51. The van der Waals surface area contributed by atoms with Crippen LogP contribution in [0.3, 0.4) is 0 Å². The molecule has 3 heteroatoms. The average Bonchev–Trinajstić information content (AvgIpc) is 2.23. The zero-order valence-corrected chi connectivity index (χ0v) is 8.82. The number of alkyl halides is 1. The second kappa shape index (κ2) is 4.28. The lowest BCUT2D eigenvalue weighted by atomic mass is 9.83. The topological polar surface area (TPSA) is 38.9 Å². The second-order valence-electron chi connectivity index (χ2n) is 3.95. The minimum atomic E-state index is 0.199. The van der Waals surface area contributed by atoms with Crippen LogP contribution in [0.1, 0.15) is 30.9 Å². The number of halogens is 1. The summed E-state index contributed by atoms with van der Waals surface area (Å²) in [6, 6.07) is 6.26. The van der Waals surface area contributed by atoms with Crippen LogP contribution >= 0.6 is 11.6 Å². The summed E-state index contributed by atoms with van der Waals surface area (Å²) in [6.45, 7) is 0. The van der Waals surface area contributed by atoms with Gasteiger partial charge in [-0.25, -0.2) is 0 Å². The first kappa shape index (κ1) is 9.94. The first-order chi connectivity index (χ1) is 6.77. The van der Waals surface area contributed by atoms with Crippen molar-refractivity contribution in [1.82, 2.24) is 4.98 Å². The zero-order chi connectivity index (χ0) is 9.97. The first-order valence-corrected chi connectivity index (χ1v) is 5.51. The molecule has 0 aliphatic heterocycles. The fourth-order valence-corrected chi connectivity index (χ4v) is 2.43. The van der Waals surface area contributed by atoms with Crippen LogP contribution in [-0.2, 0) is 0 Å². The van der Waals surface area contributed by atoms with E-state index in [0.717, 1.165) is 25.0 Å². The molecule has 1 fully saturated rings. The molecule has 14 heavy (non-hydrogen) atoms. The zero-order valence-electron chi connectivity index (χ0n) is 8.07. The molecule has 0 amide bonds. The van der Waals surface area contributed by atoms with Crippen molar-refractivity contribution in [2.24, 2.45) is 5.73 Å². The van der Waals surface area contributed by atoms with Crippen molar-refractivity contribution >= 4 is 11.6 Å². The molecule has 1 aromatic rings. The molecule has 76 valence electrons. The molecule has 0 bridgehead atoms. The minimum absolute atomic E-state index is 0.199. The highest BCUT2D eigenvalue weighted by molar-refractivity contribution is 6.21. The minimum Gasteiger partial charge on any atom is -0.328 e. The van der Waals surface area contributed by atoms with E-state index >= 15 is 0 Å². The van der Waals surface area contributed by atoms with Crippen molar-refractivity contribution in [3.05, 3.63) is 30.1 Å². The maximum atomic E-state index is 6.29. The largest absolute Gasteiger partial charge is 0.328 e. The van der Waals surface area contributed by atoms with E-state index in [2.05, 4.69) is 4.98 Å². The Balaban J connectivity index is 2.16. The highest BCUT2D eigenvalue weighted by atomic mass is 35.5. The summed E-state index contributed by atoms with van der Waals surface area (Å²) in [7, 11) is 0. The number of aromatic nitrogens is 1. The third-order valence-electron chi connectivity index (χ3n) is 2.87. The lowest BCUT2D eigenvalue weighted by molar-refractivity contribution is 0.394. The standard InChI is InChI=1S/C11H15ClN2/c12-10-5-4-8(13)7-9(10)11-3-1-2-6-14-11/h1-3,6,8-10H,4-5,7,13H2. The van der Waals surface area contributed by atoms with Crippen molar-refractivity contribution in [3.63, 3.8) is 0 Å². The van der Waals surface area contributed by atoms with E-state index in [0.29, 0.717) is 5.92 Å². The van der Waals surface area contributed by atoms with Gasteiger partial charge in [0.1, 0.15) is 0 Å². The lowest BCUT2D eigenvalue weighted by Gasteiger charge is -2.30. The fraction of sp³-hybridized carbons (Fsp3) is 0.545. The maximum Gasteiger partial charge on any atom is 0.0449 e. The summed E-state index contributed by atoms with van der Waals surface area (Å²) < 4.78 is 0. The van der Waals surface area contributed by atoms with Crippen LogP contribution in [0.5, 0.6) is 0 Å². The predicted molar refractivity (Wildman–Crippen MR) is 58.4 cm³/mol. The summed E-state index contributed by atoms with van der Waals surface area (Å²) in [5.41, 5.74) is 7.02. The highest BCUT2D eigenvalue weighted by Crippen LogP contribution is 2.34. The van der Waals surface area contributed by atoms with Crippen molar-refractivity contribution in [2.45, 2.75) is 36.6 Å². The number of nitrogens with zero attached hydrogens (tertiary/aromatic N) is 1. The van der Waals surface area contributed by atoms with Gasteiger partial charge in [-0.3, -0.25) is 4.98 Å². The summed E-state index contributed by atoms with van der Waals surface area (Å²) in [5.74, 6) is 0.335. The molecule has 0 saturated heterocycles. The van der Waals surface area contributed by atoms with Gasteiger partial charge in [-0.05, 0) is 31.4 Å². The molecule has 1 aliphatic rings. The van der Waals surface area contributed by atoms with Crippen LogP contribution in [0.15, 0.2) is 24.4 Å². The number of hydrogen-bond donors (Lipinski definition) is 1. The molecule has 2 N–H and O–H groups in total. The molecule has 1 aliphatic carbocycles. The molecular weight excluding hydrogens is 196 g/mol. The van der Waals surface area contributed by atoms with E-state index in [1.807, 2.05) is 24.4 Å². The van der Waals surface area contributed by atoms with Gasteiger partial charge in [0.2, 0.25) is 0 Å². The summed E-state index contributed by atoms with van der Waals surface area (Å²) in [4.78, 5) is 4.35. The van der Waals surface area contributed by atoms with Gasteiger partial charge in [0.25, 0.3) is 0 Å². The molecule has 1 heterocycles. The van der Waals surface area contributed by atoms with Gasteiger partial charge in [0, 0.05) is 29.2 Å².